The first kappa shape index (κ1) is 7.56. The lowest BCUT2D eigenvalue weighted by molar-refractivity contribution is 0.102. The normalized spacial score (nSPS) is 45.5. The molecule has 0 aromatic rings. The molecule has 2 fully saturated rings. The zero-order valence-electron chi connectivity index (χ0n) is 6.95. The Bertz CT molecular complexity index is 161. The highest BCUT2D eigenvalue weighted by atomic mass is 16.3. The fourth-order valence-electron chi connectivity index (χ4n) is 1.74. The fourth-order valence-corrected chi connectivity index (χ4v) is 1.74. The maximum atomic E-state index is 9.52. The van der Waals surface area contributed by atoms with Crippen molar-refractivity contribution in [2.45, 2.75) is 44.3 Å². The van der Waals surface area contributed by atoms with Gasteiger partial charge in [-0.25, -0.2) is 0 Å². The molecule has 2 nitrogen and oxygen atoms in total. The summed E-state index contributed by atoms with van der Waals surface area (Å²) in [7, 11) is 0. The van der Waals surface area contributed by atoms with Gasteiger partial charge in [-0.3, -0.25) is 0 Å². The van der Waals surface area contributed by atoms with Crippen molar-refractivity contribution in [1.29, 1.82) is 0 Å². The first-order chi connectivity index (χ1) is 5.09. The van der Waals surface area contributed by atoms with E-state index >= 15 is 0 Å². The molecule has 0 aromatic heterocycles. The van der Waals surface area contributed by atoms with E-state index in [2.05, 4.69) is 0 Å². The van der Waals surface area contributed by atoms with E-state index in [0.29, 0.717) is 11.8 Å². The van der Waals surface area contributed by atoms with Crippen LogP contribution in [0.5, 0.6) is 0 Å². The first-order valence-electron chi connectivity index (χ1n) is 4.50. The lowest BCUT2D eigenvalue weighted by Gasteiger charge is -2.08. The maximum absolute atomic E-state index is 9.52. The summed E-state index contributed by atoms with van der Waals surface area (Å²) in [6.07, 6.45) is 3.95. The molecule has 2 heteroatoms. The summed E-state index contributed by atoms with van der Waals surface area (Å²) in [6.45, 7) is 1.86. The molecular formula is C9H16O2. The van der Waals surface area contributed by atoms with Crippen LogP contribution in [0.2, 0.25) is 0 Å². The van der Waals surface area contributed by atoms with Gasteiger partial charge < -0.3 is 10.2 Å². The molecule has 0 amide bonds. The molecular weight excluding hydrogens is 140 g/mol. The predicted octanol–water partition coefficient (Wildman–Crippen LogP) is 0.918. The Hall–Kier alpha value is -0.0800. The van der Waals surface area contributed by atoms with Gasteiger partial charge >= 0.3 is 0 Å². The number of hydrogen-bond acceptors (Lipinski definition) is 2. The molecule has 0 radical (unpaired) electrons. The molecule has 2 aliphatic rings. The summed E-state index contributed by atoms with van der Waals surface area (Å²) in [5.74, 6) is 0.935. The topological polar surface area (TPSA) is 40.5 Å². The number of aliphatic hydroxyl groups excluding tert-OH is 1. The molecule has 0 bridgehead atoms. The third-order valence-corrected chi connectivity index (χ3v) is 3.07. The monoisotopic (exact) mass is 156 g/mol. The van der Waals surface area contributed by atoms with Gasteiger partial charge in [0.1, 0.15) is 0 Å². The Morgan fingerprint density at radius 2 is 2.09 bits per heavy atom. The summed E-state index contributed by atoms with van der Waals surface area (Å²) in [6, 6.07) is 0. The van der Waals surface area contributed by atoms with Crippen molar-refractivity contribution in [3.8, 4) is 0 Å². The summed E-state index contributed by atoms with van der Waals surface area (Å²) in [5, 5.41) is 19.0. The number of aliphatic hydroxyl groups is 2. The second-order valence-electron chi connectivity index (χ2n) is 4.40. The van der Waals surface area contributed by atoms with Crippen molar-refractivity contribution in [1.82, 2.24) is 0 Å². The minimum absolute atomic E-state index is 0.131. The molecule has 2 saturated carbocycles. The molecule has 64 valence electrons. The molecule has 0 saturated heterocycles. The van der Waals surface area contributed by atoms with Gasteiger partial charge in [-0.15, -0.1) is 0 Å². The van der Waals surface area contributed by atoms with Gasteiger partial charge in [0.2, 0.25) is 0 Å². The Labute approximate surface area is 67.2 Å². The van der Waals surface area contributed by atoms with Crippen molar-refractivity contribution in [2.75, 3.05) is 0 Å². The minimum Gasteiger partial charge on any atom is -0.393 e. The molecule has 2 rings (SSSR count). The SMILES string of the molecule is C[C@@]1(O)C[C@@H]1CC(O)C1CC1. The van der Waals surface area contributed by atoms with Crippen LogP contribution in [0.1, 0.15) is 32.6 Å². The van der Waals surface area contributed by atoms with Gasteiger partial charge in [0.25, 0.3) is 0 Å². The highest BCUT2D eigenvalue weighted by Crippen LogP contribution is 2.48. The van der Waals surface area contributed by atoms with Crippen LogP contribution in [-0.4, -0.2) is 21.9 Å². The van der Waals surface area contributed by atoms with Crippen molar-refractivity contribution >= 4 is 0 Å². The zero-order chi connectivity index (χ0) is 8.06. The van der Waals surface area contributed by atoms with Crippen LogP contribution in [0, 0.1) is 11.8 Å². The summed E-state index contributed by atoms with van der Waals surface area (Å²) in [4.78, 5) is 0. The van der Waals surface area contributed by atoms with Crippen molar-refractivity contribution in [3.63, 3.8) is 0 Å². The van der Waals surface area contributed by atoms with Crippen LogP contribution in [0.15, 0.2) is 0 Å². The first-order valence-corrected chi connectivity index (χ1v) is 4.50. The van der Waals surface area contributed by atoms with Gasteiger partial charge in [0.15, 0.2) is 0 Å². The number of rotatable bonds is 3. The Morgan fingerprint density at radius 3 is 2.45 bits per heavy atom. The van der Waals surface area contributed by atoms with Crippen LogP contribution in [0.4, 0.5) is 0 Å². The Kier molecular flexibility index (Phi) is 1.52. The van der Waals surface area contributed by atoms with E-state index in [4.69, 9.17) is 0 Å². The maximum Gasteiger partial charge on any atom is 0.0653 e. The van der Waals surface area contributed by atoms with Gasteiger partial charge in [-0.2, -0.15) is 0 Å². The number of hydrogen-bond donors (Lipinski definition) is 2. The van der Waals surface area contributed by atoms with Crippen LogP contribution in [-0.2, 0) is 0 Å². The lowest BCUT2D eigenvalue weighted by atomic mass is 10.1. The van der Waals surface area contributed by atoms with Crippen LogP contribution < -0.4 is 0 Å². The third-order valence-electron chi connectivity index (χ3n) is 3.07. The van der Waals surface area contributed by atoms with Gasteiger partial charge in [0, 0.05) is 0 Å². The van der Waals surface area contributed by atoms with Gasteiger partial charge in [0.05, 0.1) is 11.7 Å². The predicted molar refractivity (Wildman–Crippen MR) is 42.1 cm³/mol. The highest BCUT2D eigenvalue weighted by Gasteiger charge is 2.50. The van der Waals surface area contributed by atoms with E-state index < -0.39 is 5.60 Å². The second-order valence-corrected chi connectivity index (χ2v) is 4.40. The van der Waals surface area contributed by atoms with Gasteiger partial charge in [-0.1, -0.05) is 0 Å². The zero-order valence-corrected chi connectivity index (χ0v) is 6.95. The Balaban J connectivity index is 1.74. The van der Waals surface area contributed by atoms with E-state index in [1.54, 1.807) is 0 Å². The molecule has 0 aromatic carbocycles. The van der Waals surface area contributed by atoms with E-state index in [-0.39, 0.29) is 6.10 Å². The van der Waals surface area contributed by atoms with E-state index in [9.17, 15) is 10.2 Å². The van der Waals surface area contributed by atoms with Gasteiger partial charge in [-0.05, 0) is 44.4 Å². The summed E-state index contributed by atoms with van der Waals surface area (Å²) < 4.78 is 0. The van der Waals surface area contributed by atoms with Crippen molar-refractivity contribution in [2.24, 2.45) is 11.8 Å². The smallest absolute Gasteiger partial charge is 0.0653 e. The van der Waals surface area contributed by atoms with Crippen molar-refractivity contribution < 1.29 is 10.2 Å². The van der Waals surface area contributed by atoms with E-state index in [1.165, 1.54) is 12.8 Å². The lowest BCUT2D eigenvalue weighted by Crippen LogP contribution is -2.14. The largest absolute Gasteiger partial charge is 0.393 e. The average molecular weight is 156 g/mol. The quantitative estimate of drug-likeness (QED) is 0.638. The molecule has 0 spiro atoms. The minimum atomic E-state index is -0.449. The average Bonchev–Trinajstić information content (AvgIpc) is 2.69. The van der Waals surface area contributed by atoms with Crippen LogP contribution >= 0.6 is 0 Å². The molecule has 3 atom stereocenters. The van der Waals surface area contributed by atoms with Crippen LogP contribution in [0.3, 0.4) is 0 Å². The van der Waals surface area contributed by atoms with E-state index in [1.807, 2.05) is 6.92 Å². The fraction of sp³-hybridized carbons (Fsp3) is 1.00. The summed E-state index contributed by atoms with van der Waals surface area (Å²) >= 11 is 0. The molecule has 11 heavy (non-hydrogen) atoms. The molecule has 0 heterocycles. The molecule has 2 aliphatic carbocycles. The molecule has 1 unspecified atom stereocenters. The van der Waals surface area contributed by atoms with E-state index in [0.717, 1.165) is 12.8 Å². The standard InChI is InChI=1S/C9H16O2/c1-9(11)5-7(9)4-8(10)6-2-3-6/h6-8,10-11H,2-5H2,1H3/t7-,8?,9+/m0/s1. The summed E-state index contributed by atoms with van der Waals surface area (Å²) in [5.41, 5.74) is -0.449. The third kappa shape index (κ3) is 1.57. The van der Waals surface area contributed by atoms with Crippen molar-refractivity contribution in [3.05, 3.63) is 0 Å². The highest BCUT2D eigenvalue weighted by molar-refractivity contribution is 5.01. The second kappa shape index (κ2) is 2.20. The van der Waals surface area contributed by atoms with Crippen LogP contribution in [0.25, 0.3) is 0 Å². The molecule has 2 N–H and O–H groups in total. The molecule has 0 aliphatic heterocycles. The Morgan fingerprint density at radius 1 is 1.55 bits per heavy atom.